The Morgan fingerprint density at radius 2 is 2.31 bits per heavy atom. The van der Waals surface area contributed by atoms with E-state index in [1.54, 1.807) is 0 Å². The molecule has 1 aromatic rings. The van der Waals surface area contributed by atoms with Crippen molar-refractivity contribution in [3.05, 3.63) is 33.4 Å². The van der Waals surface area contributed by atoms with Crippen LogP contribution in [0.1, 0.15) is 12.5 Å². The van der Waals surface area contributed by atoms with Crippen LogP contribution in [0.5, 0.6) is 0 Å². The van der Waals surface area contributed by atoms with E-state index in [9.17, 15) is 4.79 Å². The van der Waals surface area contributed by atoms with Gasteiger partial charge in [0.05, 0.1) is 0 Å². The first-order valence-electron chi connectivity index (χ1n) is 3.88. The Morgan fingerprint density at radius 3 is 3.08 bits per heavy atom. The summed E-state index contributed by atoms with van der Waals surface area (Å²) >= 11 is -2.06. The van der Waals surface area contributed by atoms with Crippen LogP contribution in [-0.2, 0) is 17.5 Å². The molecular formula is C9H9IO3. The number of fused-ring (bicyclic) bond motifs is 1. The molecule has 0 radical (unpaired) electrons. The Bertz CT molecular complexity index is 337. The van der Waals surface area contributed by atoms with E-state index in [-0.39, 0.29) is 5.97 Å². The molecule has 0 amide bonds. The number of rotatable bonds is 1. The van der Waals surface area contributed by atoms with Crippen LogP contribution in [0, 0.1) is 3.57 Å². The third kappa shape index (κ3) is 1.83. The Balaban J connectivity index is 2.23. The van der Waals surface area contributed by atoms with Crippen LogP contribution in [-0.4, -0.2) is 5.97 Å². The summed E-state index contributed by atoms with van der Waals surface area (Å²) in [6.45, 7) is 2.01. The Morgan fingerprint density at radius 1 is 1.54 bits per heavy atom. The molecular weight excluding hydrogens is 283 g/mol. The summed E-state index contributed by atoms with van der Waals surface area (Å²) in [6.07, 6.45) is 0. The standard InChI is InChI=1S/C9H9IO3/c1-7(11)13-10-9-5-3-2-4-8(9)6-12-10/h2-5H,6H2,1H3. The van der Waals surface area contributed by atoms with Gasteiger partial charge in [-0.3, -0.25) is 0 Å². The molecule has 3 nitrogen and oxygen atoms in total. The van der Waals surface area contributed by atoms with Crippen LogP contribution in [0.3, 0.4) is 0 Å². The first kappa shape index (κ1) is 8.96. The minimum atomic E-state index is -2.06. The van der Waals surface area contributed by atoms with E-state index in [1.807, 2.05) is 24.3 Å². The second-order valence-corrected chi connectivity index (χ2v) is 6.10. The molecule has 1 aliphatic heterocycles. The van der Waals surface area contributed by atoms with Crippen LogP contribution in [0.25, 0.3) is 0 Å². The van der Waals surface area contributed by atoms with Crippen molar-refractivity contribution >= 4 is 26.6 Å². The summed E-state index contributed by atoms with van der Waals surface area (Å²) in [5.41, 5.74) is 1.16. The number of benzene rings is 1. The van der Waals surface area contributed by atoms with Crippen molar-refractivity contribution in [1.29, 1.82) is 0 Å². The van der Waals surface area contributed by atoms with Gasteiger partial charge in [-0.25, -0.2) is 0 Å². The van der Waals surface area contributed by atoms with Gasteiger partial charge >= 0.3 is 84.5 Å². The van der Waals surface area contributed by atoms with Crippen molar-refractivity contribution in [2.75, 3.05) is 0 Å². The third-order valence-corrected chi connectivity index (χ3v) is 5.51. The molecule has 0 fully saturated rings. The molecule has 70 valence electrons. The molecule has 1 aromatic carbocycles. The minimum absolute atomic E-state index is 0.248. The molecule has 0 unspecified atom stereocenters. The fraction of sp³-hybridized carbons (Fsp3) is 0.222. The topological polar surface area (TPSA) is 35.5 Å². The summed E-state index contributed by atoms with van der Waals surface area (Å²) in [5.74, 6) is -0.248. The number of halogens is 1. The molecule has 0 atom stereocenters. The van der Waals surface area contributed by atoms with Crippen LogP contribution in [0.2, 0.25) is 0 Å². The second-order valence-electron chi connectivity index (χ2n) is 2.63. The van der Waals surface area contributed by atoms with E-state index in [4.69, 9.17) is 6.13 Å². The van der Waals surface area contributed by atoms with Gasteiger partial charge in [-0.05, 0) is 0 Å². The molecule has 0 saturated heterocycles. The van der Waals surface area contributed by atoms with Gasteiger partial charge in [0.15, 0.2) is 0 Å². The molecule has 13 heavy (non-hydrogen) atoms. The zero-order chi connectivity index (χ0) is 9.26. The van der Waals surface area contributed by atoms with Crippen molar-refractivity contribution in [2.24, 2.45) is 0 Å². The van der Waals surface area contributed by atoms with Crippen molar-refractivity contribution in [2.45, 2.75) is 13.5 Å². The van der Waals surface area contributed by atoms with E-state index < -0.39 is 20.6 Å². The molecule has 0 saturated carbocycles. The molecule has 0 N–H and O–H groups in total. The van der Waals surface area contributed by atoms with Crippen molar-refractivity contribution in [3.8, 4) is 0 Å². The monoisotopic (exact) mass is 292 g/mol. The Labute approximate surface area is 84.5 Å². The van der Waals surface area contributed by atoms with Gasteiger partial charge < -0.3 is 0 Å². The fourth-order valence-corrected chi connectivity index (χ4v) is 4.38. The van der Waals surface area contributed by atoms with Crippen LogP contribution < -0.4 is 0 Å². The number of hydrogen-bond donors (Lipinski definition) is 0. The summed E-state index contributed by atoms with van der Waals surface area (Å²) < 4.78 is 11.7. The predicted molar refractivity (Wildman–Crippen MR) is 55.7 cm³/mol. The first-order valence-corrected chi connectivity index (χ1v) is 6.72. The molecule has 2 rings (SSSR count). The van der Waals surface area contributed by atoms with Crippen molar-refractivity contribution in [3.63, 3.8) is 0 Å². The Kier molecular flexibility index (Phi) is 2.50. The van der Waals surface area contributed by atoms with Crippen LogP contribution in [0.15, 0.2) is 24.3 Å². The van der Waals surface area contributed by atoms with Gasteiger partial charge in [0.1, 0.15) is 0 Å². The summed E-state index contributed by atoms with van der Waals surface area (Å²) in [4.78, 5) is 10.7. The molecule has 0 aliphatic carbocycles. The van der Waals surface area contributed by atoms with Gasteiger partial charge in [-0.2, -0.15) is 0 Å². The van der Waals surface area contributed by atoms with Gasteiger partial charge in [0.25, 0.3) is 0 Å². The van der Waals surface area contributed by atoms with E-state index in [0.717, 1.165) is 9.13 Å². The fourth-order valence-electron chi connectivity index (χ4n) is 1.10. The summed E-state index contributed by atoms with van der Waals surface area (Å²) in [7, 11) is 0. The normalized spacial score (nSPS) is 16.8. The summed E-state index contributed by atoms with van der Waals surface area (Å²) in [5, 5.41) is 0. The SMILES string of the molecule is CC(=O)OI1OCc2ccccc21. The molecule has 1 heterocycles. The first-order chi connectivity index (χ1) is 6.27. The molecule has 4 heteroatoms. The van der Waals surface area contributed by atoms with E-state index in [0.29, 0.717) is 6.61 Å². The van der Waals surface area contributed by atoms with E-state index in [1.165, 1.54) is 6.92 Å². The summed E-state index contributed by atoms with van der Waals surface area (Å²) in [6, 6.07) is 7.91. The molecule has 0 aromatic heterocycles. The molecule has 1 aliphatic rings. The zero-order valence-corrected chi connectivity index (χ0v) is 9.28. The van der Waals surface area contributed by atoms with Gasteiger partial charge in [-0.1, -0.05) is 0 Å². The second kappa shape index (κ2) is 3.63. The average Bonchev–Trinajstić information content (AvgIpc) is 2.48. The van der Waals surface area contributed by atoms with E-state index in [2.05, 4.69) is 0 Å². The number of hydrogen-bond acceptors (Lipinski definition) is 3. The van der Waals surface area contributed by atoms with E-state index >= 15 is 0 Å². The predicted octanol–water partition coefficient (Wildman–Crippen LogP) is 2.29. The average molecular weight is 292 g/mol. The van der Waals surface area contributed by atoms with Crippen molar-refractivity contribution in [1.82, 2.24) is 0 Å². The maximum absolute atomic E-state index is 10.7. The van der Waals surface area contributed by atoms with Gasteiger partial charge in [0, 0.05) is 0 Å². The number of carbonyl (C=O) groups is 1. The van der Waals surface area contributed by atoms with Gasteiger partial charge in [-0.15, -0.1) is 0 Å². The molecule has 0 bridgehead atoms. The molecule has 0 spiro atoms. The van der Waals surface area contributed by atoms with Crippen molar-refractivity contribution < 1.29 is 10.9 Å². The number of carbonyl (C=O) groups excluding carboxylic acids is 1. The third-order valence-electron chi connectivity index (χ3n) is 1.61. The zero-order valence-electron chi connectivity index (χ0n) is 7.12. The maximum atomic E-state index is 10.7. The van der Waals surface area contributed by atoms with Crippen LogP contribution in [0.4, 0.5) is 0 Å². The van der Waals surface area contributed by atoms with Gasteiger partial charge in [0.2, 0.25) is 0 Å². The quantitative estimate of drug-likeness (QED) is 0.745. The van der Waals surface area contributed by atoms with Crippen LogP contribution >= 0.6 is 20.6 Å². The Hall–Kier alpha value is -0.620.